The predicted octanol–water partition coefficient (Wildman–Crippen LogP) is 2.98. The summed E-state index contributed by atoms with van der Waals surface area (Å²) < 4.78 is 5.15. The summed E-state index contributed by atoms with van der Waals surface area (Å²) in [4.78, 5) is 0. The van der Waals surface area contributed by atoms with E-state index in [-0.39, 0.29) is 0 Å². The zero-order valence-electron chi connectivity index (χ0n) is 7.68. The Morgan fingerprint density at radius 1 is 1.36 bits per heavy atom. The quantitative estimate of drug-likeness (QED) is 0.850. The Kier molecular flexibility index (Phi) is 2.38. The molecule has 76 valence electrons. The van der Waals surface area contributed by atoms with Crippen LogP contribution < -0.4 is 4.74 Å². The standard InChI is InChI=1S/C10H10Cl2O2/c1-14-9-7(10(13)2-3-10)4-6(11)5-8(9)12/h4-5,13H,2-3H2,1H3. The molecule has 1 aliphatic carbocycles. The van der Waals surface area contributed by atoms with Gasteiger partial charge in [0.05, 0.1) is 17.7 Å². The second-order valence-corrected chi connectivity index (χ2v) is 4.34. The molecule has 1 saturated carbocycles. The molecule has 1 aromatic carbocycles. The minimum Gasteiger partial charge on any atom is -0.495 e. The van der Waals surface area contributed by atoms with Gasteiger partial charge in [-0.05, 0) is 25.0 Å². The Labute approximate surface area is 92.4 Å². The van der Waals surface area contributed by atoms with E-state index in [0.717, 1.165) is 12.8 Å². The van der Waals surface area contributed by atoms with Crippen molar-refractivity contribution in [2.45, 2.75) is 18.4 Å². The highest BCUT2D eigenvalue weighted by Crippen LogP contribution is 2.51. The van der Waals surface area contributed by atoms with Crippen LogP contribution in [-0.2, 0) is 5.60 Å². The van der Waals surface area contributed by atoms with E-state index < -0.39 is 5.60 Å². The molecule has 0 amide bonds. The molecule has 0 aromatic heterocycles. The molecule has 0 radical (unpaired) electrons. The summed E-state index contributed by atoms with van der Waals surface area (Å²) in [6.07, 6.45) is 1.47. The SMILES string of the molecule is COc1c(Cl)cc(Cl)cc1C1(O)CC1. The van der Waals surface area contributed by atoms with Gasteiger partial charge in [-0.15, -0.1) is 0 Å². The molecule has 0 atom stereocenters. The normalized spacial score (nSPS) is 18.0. The van der Waals surface area contributed by atoms with Gasteiger partial charge in [0.15, 0.2) is 0 Å². The van der Waals surface area contributed by atoms with Crippen LogP contribution in [0.2, 0.25) is 10.0 Å². The van der Waals surface area contributed by atoms with Gasteiger partial charge in [-0.2, -0.15) is 0 Å². The predicted molar refractivity (Wildman–Crippen MR) is 56.1 cm³/mol. The van der Waals surface area contributed by atoms with Crippen molar-refractivity contribution in [3.05, 3.63) is 27.7 Å². The number of halogens is 2. The lowest BCUT2D eigenvalue weighted by atomic mass is 10.1. The summed E-state index contributed by atoms with van der Waals surface area (Å²) in [5.74, 6) is 0.524. The number of rotatable bonds is 2. The van der Waals surface area contributed by atoms with Gasteiger partial charge >= 0.3 is 0 Å². The van der Waals surface area contributed by atoms with Gasteiger partial charge in [-0.25, -0.2) is 0 Å². The van der Waals surface area contributed by atoms with Gasteiger partial charge in [0.25, 0.3) is 0 Å². The molecular formula is C10H10Cl2O2. The summed E-state index contributed by atoms with van der Waals surface area (Å²) in [6.45, 7) is 0. The molecule has 1 fully saturated rings. The number of hydrogen-bond acceptors (Lipinski definition) is 2. The zero-order valence-corrected chi connectivity index (χ0v) is 9.19. The van der Waals surface area contributed by atoms with Crippen LogP contribution >= 0.6 is 23.2 Å². The van der Waals surface area contributed by atoms with Gasteiger partial charge in [-0.1, -0.05) is 23.2 Å². The summed E-state index contributed by atoms with van der Waals surface area (Å²) in [5, 5.41) is 10.9. The van der Waals surface area contributed by atoms with Gasteiger partial charge in [0.1, 0.15) is 5.75 Å². The molecule has 1 aliphatic rings. The van der Waals surface area contributed by atoms with Gasteiger partial charge in [0, 0.05) is 10.6 Å². The lowest BCUT2D eigenvalue weighted by Crippen LogP contribution is -2.07. The molecule has 0 aliphatic heterocycles. The molecule has 0 bridgehead atoms. The summed E-state index contributed by atoms with van der Waals surface area (Å²) in [6, 6.07) is 3.32. The van der Waals surface area contributed by atoms with Crippen molar-refractivity contribution in [2.24, 2.45) is 0 Å². The highest BCUT2D eigenvalue weighted by Gasteiger charge is 2.44. The molecule has 0 spiro atoms. The smallest absolute Gasteiger partial charge is 0.143 e. The van der Waals surface area contributed by atoms with E-state index in [2.05, 4.69) is 0 Å². The van der Waals surface area contributed by atoms with Crippen molar-refractivity contribution in [1.29, 1.82) is 0 Å². The second-order valence-electron chi connectivity index (χ2n) is 3.50. The van der Waals surface area contributed by atoms with Crippen molar-refractivity contribution in [2.75, 3.05) is 7.11 Å². The number of aliphatic hydroxyl groups is 1. The van der Waals surface area contributed by atoms with E-state index in [1.165, 1.54) is 7.11 Å². The summed E-state index contributed by atoms with van der Waals surface area (Å²) in [7, 11) is 1.53. The number of ether oxygens (including phenoxy) is 1. The Hall–Kier alpha value is -0.440. The topological polar surface area (TPSA) is 29.5 Å². The Bertz CT molecular complexity index is 373. The first-order valence-corrected chi connectivity index (χ1v) is 5.08. The average molecular weight is 233 g/mol. The summed E-state index contributed by atoms with van der Waals surface area (Å²) in [5.41, 5.74) is -0.0858. The third-order valence-electron chi connectivity index (χ3n) is 2.44. The minimum absolute atomic E-state index is 0.440. The van der Waals surface area contributed by atoms with Crippen LogP contribution in [0.1, 0.15) is 18.4 Å². The van der Waals surface area contributed by atoms with Crippen LogP contribution in [0.5, 0.6) is 5.75 Å². The van der Waals surface area contributed by atoms with E-state index >= 15 is 0 Å². The van der Waals surface area contributed by atoms with E-state index in [1.54, 1.807) is 12.1 Å². The maximum absolute atomic E-state index is 9.96. The average Bonchev–Trinajstić information content (AvgIpc) is 2.84. The molecule has 0 heterocycles. The highest BCUT2D eigenvalue weighted by molar-refractivity contribution is 6.35. The number of hydrogen-bond donors (Lipinski definition) is 1. The molecule has 0 unspecified atom stereocenters. The van der Waals surface area contributed by atoms with E-state index in [9.17, 15) is 5.11 Å². The second kappa shape index (κ2) is 3.30. The van der Waals surface area contributed by atoms with Crippen LogP contribution in [0, 0.1) is 0 Å². The van der Waals surface area contributed by atoms with E-state index in [1.807, 2.05) is 0 Å². The fourth-order valence-corrected chi connectivity index (χ4v) is 2.07. The van der Waals surface area contributed by atoms with Gasteiger partial charge in [0.2, 0.25) is 0 Å². The molecule has 1 N–H and O–H groups in total. The molecular weight excluding hydrogens is 223 g/mol. The van der Waals surface area contributed by atoms with Gasteiger partial charge in [-0.3, -0.25) is 0 Å². The van der Waals surface area contributed by atoms with Crippen LogP contribution in [0.4, 0.5) is 0 Å². The van der Waals surface area contributed by atoms with E-state index in [0.29, 0.717) is 21.4 Å². The van der Waals surface area contributed by atoms with Crippen molar-refractivity contribution < 1.29 is 9.84 Å². The lowest BCUT2D eigenvalue weighted by Gasteiger charge is -2.15. The van der Waals surface area contributed by atoms with Crippen LogP contribution in [0.15, 0.2) is 12.1 Å². The molecule has 4 heteroatoms. The maximum atomic E-state index is 9.96. The Morgan fingerprint density at radius 3 is 2.50 bits per heavy atom. The minimum atomic E-state index is -0.778. The zero-order chi connectivity index (χ0) is 10.3. The third kappa shape index (κ3) is 1.58. The largest absolute Gasteiger partial charge is 0.495 e. The maximum Gasteiger partial charge on any atom is 0.143 e. The molecule has 0 saturated heterocycles. The highest BCUT2D eigenvalue weighted by atomic mass is 35.5. The van der Waals surface area contributed by atoms with Crippen LogP contribution in [-0.4, -0.2) is 12.2 Å². The third-order valence-corrected chi connectivity index (χ3v) is 2.94. The summed E-state index contributed by atoms with van der Waals surface area (Å²) >= 11 is 11.8. The first kappa shape index (κ1) is 10.1. The first-order valence-electron chi connectivity index (χ1n) is 4.33. The van der Waals surface area contributed by atoms with Crippen molar-refractivity contribution in [3.8, 4) is 5.75 Å². The van der Waals surface area contributed by atoms with E-state index in [4.69, 9.17) is 27.9 Å². The van der Waals surface area contributed by atoms with Crippen molar-refractivity contribution >= 4 is 23.2 Å². The molecule has 1 aromatic rings. The van der Waals surface area contributed by atoms with Crippen molar-refractivity contribution in [1.82, 2.24) is 0 Å². The van der Waals surface area contributed by atoms with Crippen molar-refractivity contribution in [3.63, 3.8) is 0 Å². The first-order chi connectivity index (χ1) is 6.57. The molecule has 2 nitrogen and oxygen atoms in total. The number of methoxy groups -OCH3 is 1. The van der Waals surface area contributed by atoms with Crippen LogP contribution in [0.3, 0.4) is 0 Å². The van der Waals surface area contributed by atoms with Crippen LogP contribution in [0.25, 0.3) is 0 Å². The lowest BCUT2D eigenvalue weighted by molar-refractivity contribution is 0.147. The van der Waals surface area contributed by atoms with Gasteiger partial charge < -0.3 is 9.84 Å². The Balaban J connectivity index is 2.56. The number of benzene rings is 1. The fourth-order valence-electron chi connectivity index (χ4n) is 1.50. The molecule has 14 heavy (non-hydrogen) atoms. The Morgan fingerprint density at radius 2 is 2.00 bits per heavy atom. The fraction of sp³-hybridized carbons (Fsp3) is 0.400. The monoisotopic (exact) mass is 232 g/mol. The molecule has 2 rings (SSSR count).